The molecule has 0 bridgehead atoms. The Morgan fingerprint density at radius 1 is 1.38 bits per heavy atom. The van der Waals surface area contributed by atoms with Crippen LogP contribution in [0.4, 0.5) is 0 Å². The molecule has 4 nitrogen and oxygen atoms in total. The number of rotatable bonds is 3. The van der Waals surface area contributed by atoms with Gasteiger partial charge >= 0.3 is 11.9 Å². The van der Waals surface area contributed by atoms with Crippen molar-refractivity contribution in [2.45, 2.75) is 20.4 Å². The molecule has 0 N–H and O–H groups in total. The van der Waals surface area contributed by atoms with E-state index in [0.717, 1.165) is 12.1 Å². The fraction of sp³-hybridized carbons (Fsp3) is 0.556. The van der Waals surface area contributed by atoms with E-state index >= 15 is 0 Å². The van der Waals surface area contributed by atoms with Gasteiger partial charge in [-0.25, -0.2) is 0 Å². The van der Waals surface area contributed by atoms with Crippen molar-refractivity contribution in [3.8, 4) is 11.9 Å². The van der Waals surface area contributed by atoms with Crippen LogP contribution in [0.25, 0.3) is 0 Å². The van der Waals surface area contributed by atoms with Crippen LogP contribution >= 0.6 is 0 Å². The second kappa shape index (κ2) is 4.07. The van der Waals surface area contributed by atoms with E-state index in [0.29, 0.717) is 11.9 Å². The van der Waals surface area contributed by atoms with Crippen LogP contribution < -0.4 is 14.0 Å². The van der Waals surface area contributed by atoms with Crippen molar-refractivity contribution in [2.24, 2.45) is 0 Å². The molecule has 0 unspecified atom stereocenters. The van der Waals surface area contributed by atoms with Gasteiger partial charge in [0.15, 0.2) is 0 Å². The molecule has 4 heteroatoms. The maximum Gasteiger partial charge on any atom is 0.501 e. The van der Waals surface area contributed by atoms with Gasteiger partial charge in [0.2, 0.25) is 0 Å². The van der Waals surface area contributed by atoms with Crippen LogP contribution in [0.15, 0.2) is 6.20 Å². The van der Waals surface area contributed by atoms with E-state index in [-0.39, 0.29) is 0 Å². The number of hydrogen-bond acceptors (Lipinski definition) is 3. The summed E-state index contributed by atoms with van der Waals surface area (Å²) in [6, 6.07) is 0.574. The first-order valence-corrected chi connectivity index (χ1v) is 4.22. The highest BCUT2D eigenvalue weighted by atomic mass is 16.5. The molecule has 0 saturated carbocycles. The third-order valence-electron chi connectivity index (χ3n) is 1.85. The molecule has 1 aromatic heterocycles. The van der Waals surface area contributed by atoms with E-state index in [4.69, 9.17) is 9.47 Å². The highest BCUT2D eigenvalue weighted by Gasteiger charge is 2.17. The molecular weight excluding hydrogens is 168 g/mol. The second-order valence-electron chi connectivity index (χ2n) is 2.71. The first-order valence-electron chi connectivity index (χ1n) is 4.22. The van der Waals surface area contributed by atoms with Gasteiger partial charge in [-0.15, -0.1) is 0 Å². The van der Waals surface area contributed by atoms with Gasteiger partial charge in [0, 0.05) is 4.98 Å². The zero-order valence-corrected chi connectivity index (χ0v) is 8.50. The number of aryl methyl sites for hydroxylation is 2. The Hall–Kier alpha value is -1.32. The summed E-state index contributed by atoms with van der Waals surface area (Å²) in [5, 5.41) is 0. The molecule has 0 aromatic carbocycles. The van der Waals surface area contributed by atoms with Crippen molar-refractivity contribution in [2.75, 3.05) is 14.2 Å². The fourth-order valence-corrected chi connectivity index (χ4v) is 1.18. The van der Waals surface area contributed by atoms with E-state index < -0.39 is 0 Å². The Bertz CT molecular complexity index is 300. The molecule has 0 aliphatic rings. The van der Waals surface area contributed by atoms with Gasteiger partial charge in [0.05, 0.1) is 26.3 Å². The lowest BCUT2D eigenvalue weighted by atomic mass is 10.4. The van der Waals surface area contributed by atoms with Crippen molar-refractivity contribution >= 4 is 0 Å². The molecule has 0 fully saturated rings. The minimum absolute atomic E-state index is 0.574. The van der Waals surface area contributed by atoms with Crippen molar-refractivity contribution in [3.63, 3.8) is 0 Å². The van der Waals surface area contributed by atoms with Gasteiger partial charge in [-0.05, 0) is 13.8 Å². The monoisotopic (exact) mass is 183 g/mol. The van der Waals surface area contributed by atoms with Gasteiger partial charge in [-0.3, -0.25) is 0 Å². The van der Waals surface area contributed by atoms with Gasteiger partial charge in [-0.2, -0.15) is 4.57 Å². The summed E-state index contributed by atoms with van der Waals surface area (Å²) in [5.41, 5.74) is 1.00. The maximum absolute atomic E-state index is 5.11. The zero-order valence-electron chi connectivity index (χ0n) is 8.50. The first kappa shape index (κ1) is 9.77. The SMILES string of the molecule is CC[n+]1cc(C)c(OC)nc1OC. The van der Waals surface area contributed by atoms with E-state index in [1.54, 1.807) is 14.2 Å². The largest absolute Gasteiger partial charge is 0.501 e. The van der Waals surface area contributed by atoms with E-state index in [9.17, 15) is 0 Å². The van der Waals surface area contributed by atoms with E-state index in [2.05, 4.69) is 4.98 Å². The van der Waals surface area contributed by atoms with Gasteiger partial charge in [0.1, 0.15) is 6.20 Å². The lowest BCUT2D eigenvalue weighted by Gasteiger charge is -2.02. The van der Waals surface area contributed by atoms with Crippen LogP contribution in [-0.4, -0.2) is 19.2 Å². The molecule has 0 aliphatic heterocycles. The number of nitrogens with zero attached hydrogens (tertiary/aromatic N) is 2. The van der Waals surface area contributed by atoms with Crippen molar-refractivity contribution in [1.82, 2.24) is 4.98 Å². The Labute approximate surface area is 78.1 Å². The lowest BCUT2D eigenvalue weighted by molar-refractivity contribution is -0.701. The predicted octanol–water partition coefficient (Wildman–Crippen LogP) is 0.715. The van der Waals surface area contributed by atoms with Gasteiger partial charge in [-0.1, -0.05) is 0 Å². The van der Waals surface area contributed by atoms with Crippen LogP contribution in [0.3, 0.4) is 0 Å². The lowest BCUT2D eigenvalue weighted by Crippen LogP contribution is -2.35. The highest BCUT2D eigenvalue weighted by molar-refractivity contribution is 5.20. The number of aromatic nitrogens is 2. The van der Waals surface area contributed by atoms with Crippen LogP contribution in [-0.2, 0) is 6.54 Å². The van der Waals surface area contributed by atoms with Crippen LogP contribution in [0.2, 0.25) is 0 Å². The first-order chi connectivity index (χ1) is 6.22. The van der Waals surface area contributed by atoms with Gasteiger partial charge in [0.25, 0.3) is 0 Å². The number of hydrogen-bond donors (Lipinski definition) is 0. The molecule has 13 heavy (non-hydrogen) atoms. The molecule has 1 rings (SSSR count). The highest BCUT2D eigenvalue weighted by Crippen LogP contribution is 2.13. The molecular formula is C9H15N2O2+. The summed E-state index contributed by atoms with van der Waals surface area (Å²) in [5.74, 6) is 0.613. The Balaban J connectivity index is 3.18. The summed E-state index contributed by atoms with van der Waals surface area (Å²) < 4.78 is 12.1. The average Bonchev–Trinajstić information content (AvgIpc) is 2.17. The molecule has 1 heterocycles. The van der Waals surface area contributed by atoms with Crippen LogP contribution in [0.5, 0.6) is 11.9 Å². The molecule has 0 aliphatic carbocycles. The van der Waals surface area contributed by atoms with Gasteiger partial charge < -0.3 is 9.47 Å². The normalized spacial score (nSPS) is 9.85. The summed E-state index contributed by atoms with van der Waals surface area (Å²) in [6.45, 7) is 4.83. The minimum atomic E-state index is 0.574. The molecule has 0 amide bonds. The summed E-state index contributed by atoms with van der Waals surface area (Å²) in [4.78, 5) is 4.20. The summed E-state index contributed by atoms with van der Waals surface area (Å²) in [7, 11) is 3.20. The Morgan fingerprint density at radius 2 is 2.08 bits per heavy atom. The molecule has 0 radical (unpaired) electrons. The van der Waals surface area contributed by atoms with Crippen LogP contribution in [0, 0.1) is 6.92 Å². The van der Waals surface area contributed by atoms with Crippen molar-refractivity contribution < 1.29 is 14.0 Å². The molecule has 1 aromatic rings. The van der Waals surface area contributed by atoms with E-state index in [1.807, 2.05) is 24.6 Å². The third-order valence-corrected chi connectivity index (χ3v) is 1.85. The molecule has 0 atom stereocenters. The quantitative estimate of drug-likeness (QED) is 0.647. The third kappa shape index (κ3) is 1.88. The summed E-state index contributed by atoms with van der Waals surface area (Å²) >= 11 is 0. The predicted molar refractivity (Wildman–Crippen MR) is 47.9 cm³/mol. The maximum atomic E-state index is 5.11. The minimum Gasteiger partial charge on any atom is -0.462 e. The number of methoxy groups -OCH3 is 2. The second-order valence-corrected chi connectivity index (χ2v) is 2.71. The summed E-state index contributed by atoms with van der Waals surface area (Å²) in [6.07, 6.45) is 1.96. The Morgan fingerprint density at radius 3 is 2.54 bits per heavy atom. The zero-order chi connectivity index (χ0) is 9.84. The smallest absolute Gasteiger partial charge is 0.462 e. The Kier molecular flexibility index (Phi) is 3.06. The van der Waals surface area contributed by atoms with Crippen molar-refractivity contribution in [3.05, 3.63) is 11.8 Å². The molecule has 72 valence electrons. The standard InChI is InChI=1S/C9H15N2O2/c1-5-11-6-7(2)8(12-3)10-9(11)13-4/h6H,5H2,1-4H3/q+1. The van der Waals surface area contributed by atoms with Crippen LogP contribution in [0.1, 0.15) is 12.5 Å². The van der Waals surface area contributed by atoms with Crippen molar-refractivity contribution in [1.29, 1.82) is 0 Å². The fourth-order valence-electron chi connectivity index (χ4n) is 1.18. The van der Waals surface area contributed by atoms with E-state index in [1.165, 1.54) is 0 Å². The average molecular weight is 183 g/mol. The molecule has 0 spiro atoms. The number of ether oxygens (including phenoxy) is 2. The molecule has 0 saturated heterocycles. The topological polar surface area (TPSA) is 35.2 Å².